The van der Waals surface area contributed by atoms with Crippen LogP contribution in [0.4, 0.5) is 24.1 Å². The molecule has 0 bridgehead atoms. The number of halogens is 2. The van der Waals surface area contributed by atoms with Crippen LogP contribution in [0.3, 0.4) is 0 Å². The third-order valence-electron chi connectivity index (χ3n) is 3.33. The van der Waals surface area contributed by atoms with Crippen molar-refractivity contribution < 1.29 is 33.0 Å². The van der Waals surface area contributed by atoms with Crippen molar-refractivity contribution in [2.75, 3.05) is 19.0 Å². The lowest BCUT2D eigenvalue weighted by molar-refractivity contribution is -0.118. The number of rotatable bonds is 8. The summed E-state index contributed by atoms with van der Waals surface area (Å²) in [6.45, 7) is -0.665. The van der Waals surface area contributed by atoms with E-state index in [4.69, 9.17) is 10.8 Å². The average Bonchev–Trinajstić information content (AvgIpc) is 2.56. The van der Waals surface area contributed by atoms with Gasteiger partial charge in [-0.1, -0.05) is 0 Å². The molecule has 0 heterocycles. The Hall–Kier alpha value is -2.95. The molecule has 0 aliphatic rings. The summed E-state index contributed by atoms with van der Waals surface area (Å²) in [7, 11) is 1.11. The molecule has 0 unspecified atom stereocenters. The number of anilines is 1. The Labute approximate surface area is 147 Å². The molecule has 1 rings (SSSR count). The quantitative estimate of drug-likeness (QED) is 0.423. The van der Waals surface area contributed by atoms with Gasteiger partial charge in [-0.3, -0.25) is 4.79 Å². The highest BCUT2D eigenvalue weighted by atomic mass is 19.1. The van der Waals surface area contributed by atoms with Gasteiger partial charge < -0.3 is 31.5 Å². The van der Waals surface area contributed by atoms with Crippen molar-refractivity contribution >= 4 is 23.7 Å². The average molecular weight is 374 g/mol. The van der Waals surface area contributed by atoms with Gasteiger partial charge in [-0.05, 0) is 25.0 Å². The normalized spacial score (nSPS) is 11.4. The number of hydrogen-bond donors (Lipinski definition) is 5. The molecule has 1 aromatic rings. The first kappa shape index (κ1) is 21.1. The molecule has 26 heavy (non-hydrogen) atoms. The number of alkyl carbamates (subject to hydrolysis) is 1. The van der Waals surface area contributed by atoms with E-state index in [2.05, 4.69) is 20.7 Å². The molecule has 0 aliphatic carbocycles. The van der Waals surface area contributed by atoms with Gasteiger partial charge in [0.05, 0.1) is 13.7 Å². The van der Waals surface area contributed by atoms with Crippen LogP contribution >= 0.6 is 0 Å². The minimum Gasteiger partial charge on any atom is -0.453 e. The lowest BCUT2D eigenvalue weighted by Gasteiger charge is -2.18. The fraction of sp³-hybridized carbons (Fsp3) is 0.400. The van der Waals surface area contributed by atoms with Crippen LogP contribution in [0.2, 0.25) is 0 Å². The maximum atomic E-state index is 13.7. The van der Waals surface area contributed by atoms with Crippen molar-refractivity contribution in [3.05, 3.63) is 29.3 Å². The van der Waals surface area contributed by atoms with E-state index >= 15 is 0 Å². The van der Waals surface area contributed by atoms with Gasteiger partial charge in [0, 0.05) is 17.8 Å². The van der Waals surface area contributed by atoms with Crippen LogP contribution in [-0.2, 0) is 16.1 Å². The first-order valence-corrected chi connectivity index (χ1v) is 7.56. The maximum absolute atomic E-state index is 13.7. The molecule has 0 radical (unpaired) electrons. The molecular weight excluding hydrogens is 354 g/mol. The Morgan fingerprint density at radius 3 is 2.38 bits per heavy atom. The highest BCUT2D eigenvalue weighted by molar-refractivity contribution is 5.96. The van der Waals surface area contributed by atoms with E-state index in [1.165, 1.54) is 0 Å². The molecule has 0 fully saturated rings. The lowest BCUT2D eigenvalue weighted by Crippen LogP contribution is -2.44. The van der Waals surface area contributed by atoms with E-state index in [-0.39, 0.29) is 25.1 Å². The van der Waals surface area contributed by atoms with Gasteiger partial charge in [-0.25, -0.2) is 18.4 Å². The van der Waals surface area contributed by atoms with Crippen molar-refractivity contribution in [3.8, 4) is 0 Å². The van der Waals surface area contributed by atoms with E-state index in [0.717, 1.165) is 19.2 Å². The van der Waals surface area contributed by atoms with Crippen molar-refractivity contribution in [2.24, 2.45) is 5.73 Å². The van der Waals surface area contributed by atoms with Gasteiger partial charge in [0.1, 0.15) is 17.7 Å². The second-order valence-corrected chi connectivity index (χ2v) is 5.19. The highest BCUT2D eigenvalue weighted by Gasteiger charge is 2.22. The minimum absolute atomic E-state index is 0.0981. The Kier molecular flexibility index (Phi) is 8.22. The SMILES string of the molecule is COC(=O)N[C@@H](CCCNC(N)=O)C(=O)Nc1cc(F)c(CO)c(F)c1. The topological polar surface area (TPSA) is 143 Å². The number of urea groups is 1. The number of aliphatic hydroxyl groups excluding tert-OH is 1. The Morgan fingerprint density at radius 1 is 1.27 bits per heavy atom. The Bertz CT molecular complexity index is 648. The number of primary amides is 1. The summed E-state index contributed by atoms with van der Waals surface area (Å²) in [6.07, 6.45) is -0.487. The van der Waals surface area contributed by atoms with E-state index < -0.39 is 47.9 Å². The number of benzene rings is 1. The number of ether oxygens (including phenoxy) is 1. The minimum atomic E-state index is -1.08. The van der Waals surface area contributed by atoms with Gasteiger partial charge in [-0.15, -0.1) is 0 Å². The third kappa shape index (κ3) is 6.51. The fourth-order valence-electron chi connectivity index (χ4n) is 2.04. The molecule has 0 spiro atoms. The fourth-order valence-corrected chi connectivity index (χ4v) is 2.04. The standard InChI is InChI=1S/C15H20F2N4O5/c1-26-15(25)21-12(3-2-4-19-14(18)24)13(23)20-8-5-10(16)9(7-22)11(17)6-8/h5-6,12,22H,2-4,7H2,1H3,(H,20,23)(H,21,25)(H3,18,19,24)/t12-/m0/s1. The number of amides is 4. The summed E-state index contributed by atoms with van der Waals surface area (Å²) in [4.78, 5) is 34.3. The first-order chi connectivity index (χ1) is 12.3. The second-order valence-electron chi connectivity index (χ2n) is 5.19. The van der Waals surface area contributed by atoms with Gasteiger partial charge in [0.2, 0.25) is 5.91 Å². The molecule has 0 aliphatic heterocycles. The zero-order chi connectivity index (χ0) is 19.7. The number of nitrogens with one attached hydrogen (secondary N) is 3. The van der Waals surface area contributed by atoms with Crippen LogP contribution in [0.5, 0.6) is 0 Å². The molecule has 0 saturated heterocycles. The number of carbonyl (C=O) groups is 3. The summed E-state index contributed by atoms with van der Waals surface area (Å²) >= 11 is 0. The summed E-state index contributed by atoms with van der Waals surface area (Å²) in [5.41, 5.74) is 4.21. The lowest BCUT2D eigenvalue weighted by atomic mass is 10.1. The smallest absolute Gasteiger partial charge is 0.407 e. The van der Waals surface area contributed by atoms with Gasteiger partial charge in [0.25, 0.3) is 0 Å². The van der Waals surface area contributed by atoms with Gasteiger partial charge >= 0.3 is 12.1 Å². The monoisotopic (exact) mass is 374 g/mol. The van der Waals surface area contributed by atoms with Crippen molar-refractivity contribution in [1.82, 2.24) is 10.6 Å². The molecular formula is C15H20F2N4O5. The van der Waals surface area contributed by atoms with E-state index in [1.54, 1.807) is 0 Å². The number of nitrogens with two attached hydrogens (primary N) is 1. The number of methoxy groups -OCH3 is 1. The van der Waals surface area contributed by atoms with Crippen molar-refractivity contribution in [3.63, 3.8) is 0 Å². The van der Waals surface area contributed by atoms with Crippen LogP contribution in [0.1, 0.15) is 18.4 Å². The predicted molar refractivity (Wildman–Crippen MR) is 87.1 cm³/mol. The van der Waals surface area contributed by atoms with Crippen LogP contribution in [0.15, 0.2) is 12.1 Å². The van der Waals surface area contributed by atoms with Gasteiger partial charge in [-0.2, -0.15) is 0 Å². The number of carbonyl (C=O) groups excluding carboxylic acids is 3. The summed E-state index contributed by atoms with van der Waals surface area (Å²) in [5.74, 6) is -2.79. The molecule has 1 atom stereocenters. The molecule has 1 aromatic carbocycles. The van der Waals surface area contributed by atoms with Crippen molar-refractivity contribution in [2.45, 2.75) is 25.5 Å². The highest BCUT2D eigenvalue weighted by Crippen LogP contribution is 2.19. The molecule has 0 saturated carbocycles. The largest absolute Gasteiger partial charge is 0.453 e. The summed E-state index contributed by atoms with van der Waals surface area (Å²) in [6, 6.07) is -0.130. The first-order valence-electron chi connectivity index (χ1n) is 7.56. The van der Waals surface area contributed by atoms with Crippen LogP contribution < -0.4 is 21.7 Å². The second kappa shape index (κ2) is 10.1. The summed E-state index contributed by atoms with van der Waals surface area (Å²) in [5, 5.41) is 15.8. The number of aliphatic hydroxyl groups is 1. The molecule has 4 amide bonds. The maximum Gasteiger partial charge on any atom is 0.407 e. The molecule has 11 heteroatoms. The van der Waals surface area contributed by atoms with Gasteiger partial charge in [0.15, 0.2) is 0 Å². The Morgan fingerprint density at radius 2 is 1.88 bits per heavy atom. The van der Waals surface area contributed by atoms with E-state index in [9.17, 15) is 23.2 Å². The molecule has 9 nitrogen and oxygen atoms in total. The predicted octanol–water partition coefficient (Wildman–Crippen LogP) is 0.569. The van der Waals surface area contributed by atoms with Crippen LogP contribution in [0, 0.1) is 11.6 Å². The molecule has 144 valence electrons. The van der Waals surface area contributed by atoms with E-state index in [1.807, 2.05) is 0 Å². The Balaban J connectivity index is 2.80. The van der Waals surface area contributed by atoms with Crippen LogP contribution in [-0.4, -0.2) is 42.8 Å². The number of hydrogen-bond acceptors (Lipinski definition) is 5. The third-order valence-corrected chi connectivity index (χ3v) is 3.33. The van der Waals surface area contributed by atoms with Crippen LogP contribution in [0.25, 0.3) is 0 Å². The van der Waals surface area contributed by atoms with Crippen molar-refractivity contribution in [1.29, 1.82) is 0 Å². The van der Waals surface area contributed by atoms with E-state index in [0.29, 0.717) is 0 Å². The molecule has 0 aromatic heterocycles. The zero-order valence-corrected chi connectivity index (χ0v) is 14.0. The summed E-state index contributed by atoms with van der Waals surface area (Å²) < 4.78 is 31.7. The zero-order valence-electron chi connectivity index (χ0n) is 14.0. The molecule has 6 N–H and O–H groups in total.